The third kappa shape index (κ3) is 6.22. The van der Waals surface area contributed by atoms with Crippen molar-refractivity contribution >= 4 is 17.7 Å². The molecule has 1 rings (SSSR count). The van der Waals surface area contributed by atoms with E-state index in [1.54, 1.807) is 32.9 Å². The smallest absolute Gasteiger partial charge is 0.407 e. The van der Waals surface area contributed by atoms with Crippen molar-refractivity contribution in [1.82, 2.24) is 5.32 Å². The normalized spacial score (nSPS) is 14.3. The van der Waals surface area contributed by atoms with Crippen LogP contribution in [0.3, 0.4) is 0 Å². The van der Waals surface area contributed by atoms with Gasteiger partial charge in [-0.3, -0.25) is 0 Å². The Kier molecular flexibility index (Phi) is 6.66. The van der Waals surface area contributed by atoms with Crippen LogP contribution >= 0.6 is 11.6 Å². The molecule has 5 nitrogen and oxygen atoms in total. The van der Waals surface area contributed by atoms with E-state index in [4.69, 9.17) is 22.1 Å². The van der Waals surface area contributed by atoms with Crippen molar-refractivity contribution in [2.45, 2.75) is 51.9 Å². The van der Waals surface area contributed by atoms with Gasteiger partial charge in [0.15, 0.2) is 0 Å². The molecule has 0 heterocycles. The maximum Gasteiger partial charge on any atom is 0.407 e. The Morgan fingerprint density at radius 2 is 2.09 bits per heavy atom. The highest BCUT2D eigenvalue weighted by Crippen LogP contribution is 2.23. The molecule has 4 N–H and O–H groups in total. The van der Waals surface area contributed by atoms with E-state index in [0.29, 0.717) is 23.6 Å². The van der Waals surface area contributed by atoms with E-state index >= 15 is 0 Å². The molecule has 2 atom stereocenters. The molecule has 0 aliphatic rings. The Labute approximate surface area is 136 Å². The number of benzene rings is 1. The molecular formula is C16H25ClN2O3. The van der Waals surface area contributed by atoms with Gasteiger partial charge in [0.25, 0.3) is 0 Å². The summed E-state index contributed by atoms with van der Waals surface area (Å²) in [7, 11) is 0. The van der Waals surface area contributed by atoms with E-state index in [1.165, 1.54) is 0 Å². The zero-order valence-electron chi connectivity index (χ0n) is 13.5. The third-order valence-corrected chi connectivity index (χ3v) is 3.50. The van der Waals surface area contributed by atoms with E-state index in [9.17, 15) is 9.90 Å². The number of hydrogen-bond donors (Lipinski definition) is 3. The number of aliphatic hydroxyl groups is 1. The predicted molar refractivity (Wildman–Crippen MR) is 88.0 cm³/mol. The van der Waals surface area contributed by atoms with Gasteiger partial charge < -0.3 is 20.9 Å². The van der Waals surface area contributed by atoms with Crippen molar-refractivity contribution < 1.29 is 14.6 Å². The fourth-order valence-corrected chi connectivity index (χ4v) is 2.03. The monoisotopic (exact) mass is 328 g/mol. The largest absolute Gasteiger partial charge is 0.444 e. The molecule has 124 valence electrons. The molecule has 1 aromatic carbocycles. The number of aliphatic hydroxyl groups excluding tert-OH is 1. The van der Waals surface area contributed by atoms with Crippen LogP contribution in [0.2, 0.25) is 5.02 Å². The van der Waals surface area contributed by atoms with Gasteiger partial charge in [0.1, 0.15) is 5.60 Å². The van der Waals surface area contributed by atoms with Crippen LogP contribution in [0.15, 0.2) is 18.2 Å². The second-order valence-corrected chi connectivity index (χ2v) is 6.74. The zero-order valence-corrected chi connectivity index (χ0v) is 14.3. The molecule has 0 bridgehead atoms. The molecule has 1 aromatic rings. The summed E-state index contributed by atoms with van der Waals surface area (Å²) in [4.78, 5) is 11.5. The lowest BCUT2D eigenvalue weighted by Crippen LogP contribution is -2.37. The maximum absolute atomic E-state index is 11.5. The van der Waals surface area contributed by atoms with Crippen LogP contribution in [0.4, 0.5) is 4.79 Å². The lowest BCUT2D eigenvalue weighted by Gasteiger charge is -2.22. The zero-order chi connectivity index (χ0) is 16.9. The Bertz CT molecular complexity index is 515. The van der Waals surface area contributed by atoms with Crippen LogP contribution in [0.5, 0.6) is 0 Å². The number of nitrogens with two attached hydrogens (primary N) is 1. The summed E-state index contributed by atoms with van der Waals surface area (Å²) >= 11 is 5.96. The summed E-state index contributed by atoms with van der Waals surface area (Å²) in [6, 6.07) is 4.81. The molecule has 0 radical (unpaired) electrons. The van der Waals surface area contributed by atoms with Gasteiger partial charge in [0.05, 0.1) is 6.10 Å². The number of nitrogens with one attached hydrogen (secondary N) is 1. The Hall–Kier alpha value is -1.30. The first-order chi connectivity index (χ1) is 10.1. The van der Waals surface area contributed by atoms with Gasteiger partial charge in [-0.25, -0.2) is 4.79 Å². The minimum atomic E-state index is -0.809. The highest BCUT2D eigenvalue weighted by Gasteiger charge is 2.19. The van der Waals surface area contributed by atoms with Crippen LogP contribution in [0.1, 0.15) is 44.4 Å². The first kappa shape index (κ1) is 18.7. The van der Waals surface area contributed by atoms with Gasteiger partial charge in [0.2, 0.25) is 0 Å². The second-order valence-electron chi connectivity index (χ2n) is 6.33. The molecule has 1 amide bonds. The summed E-state index contributed by atoms with van der Waals surface area (Å²) in [5, 5.41) is 13.5. The van der Waals surface area contributed by atoms with E-state index < -0.39 is 23.8 Å². The molecule has 0 aliphatic heterocycles. The lowest BCUT2D eigenvalue weighted by atomic mass is 9.99. The fraction of sp³-hybridized carbons (Fsp3) is 0.562. The van der Waals surface area contributed by atoms with Crippen molar-refractivity contribution in [2.24, 2.45) is 5.73 Å². The molecule has 0 fully saturated rings. The summed E-state index contributed by atoms with van der Waals surface area (Å²) < 4.78 is 5.13. The fourth-order valence-electron chi connectivity index (χ4n) is 1.91. The summed E-state index contributed by atoms with van der Waals surface area (Å²) in [5.41, 5.74) is 7.04. The number of ether oxygens (including phenoxy) is 1. The van der Waals surface area contributed by atoms with Gasteiger partial charge in [0, 0.05) is 17.6 Å². The van der Waals surface area contributed by atoms with Crippen molar-refractivity contribution in [3.8, 4) is 0 Å². The number of carbonyl (C=O) groups excluding carboxylic acids is 1. The van der Waals surface area contributed by atoms with Crippen LogP contribution in [0, 0.1) is 6.92 Å². The number of carbonyl (C=O) groups is 1. The molecule has 0 aromatic heterocycles. The number of aryl methyl sites for hydroxylation is 1. The van der Waals surface area contributed by atoms with Crippen molar-refractivity contribution in [1.29, 1.82) is 0 Å². The van der Waals surface area contributed by atoms with Crippen LogP contribution in [0.25, 0.3) is 0 Å². The van der Waals surface area contributed by atoms with E-state index in [0.717, 1.165) is 5.56 Å². The van der Waals surface area contributed by atoms with Gasteiger partial charge in [-0.2, -0.15) is 0 Å². The van der Waals surface area contributed by atoms with Crippen LogP contribution < -0.4 is 11.1 Å². The molecule has 0 saturated carbocycles. The molecular weight excluding hydrogens is 304 g/mol. The summed E-state index contributed by atoms with van der Waals surface area (Å²) in [5.74, 6) is 0. The first-order valence-electron chi connectivity index (χ1n) is 7.26. The van der Waals surface area contributed by atoms with Gasteiger partial charge in [-0.1, -0.05) is 23.7 Å². The second kappa shape index (κ2) is 7.81. The molecule has 0 saturated heterocycles. The number of alkyl carbamates (subject to hydrolysis) is 1. The van der Waals surface area contributed by atoms with Crippen molar-refractivity contribution in [2.75, 3.05) is 6.54 Å². The number of hydrogen-bond acceptors (Lipinski definition) is 4. The minimum Gasteiger partial charge on any atom is -0.444 e. The van der Waals surface area contributed by atoms with E-state index in [-0.39, 0.29) is 0 Å². The Morgan fingerprint density at radius 1 is 1.45 bits per heavy atom. The molecule has 2 unspecified atom stereocenters. The van der Waals surface area contributed by atoms with Crippen molar-refractivity contribution in [3.63, 3.8) is 0 Å². The topological polar surface area (TPSA) is 84.6 Å². The summed E-state index contributed by atoms with van der Waals surface area (Å²) in [6.45, 7) is 7.59. The third-order valence-electron chi connectivity index (χ3n) is 3.07. The van der Waals surface area contributed by atoms with Gasteiger partial charge in [-0.05, 0) is 51.3 Å². The summed E-state index contributed by atoms with van der Waals surface area (Å²) in [6.07, 6.45) is -0.866. The molecule has 0 aliphatic carbocycles. The van der Waals surface area contributed by atoms with Gasteiger partial charge >= 0.3 is 6.09 Å². The number of rotatable bonds is 5. The number of amides is 1. The van der Waals surface area contributed by atoms with E-state index in [2.05, 4.69) is 5.32 Å². The molecule has 22 heavy (non-hydrogen) atoms. The van der Waals surface area contributed by atoms with Crippen molar-refractivity contribution in [3.05, 3.63) is 34.3 Å². The number of halogens is 1. The predicted octanol–water partition coefficient (Wildman–Crippen LogP) is 2.92. The standard InChI is InChI=1S/C16H25ClN2O3/c1-10-9-11(5-6-12(10)17)14(20)13(18)7-8-19-15(21)22-16(2,3)4/h5-6,9,13-14,20H,7-8,18H2,1-4H3,(H,19,21). The van der Waals surface area contributed by atoms with Gasteiger partial charge in [-0.15, -0.1) is 0 Å². The average molecular weight is 329 g/mol. The van der Waals surface area contributed by atoms with E-state index in [1.807, 2.05) is 13.0 Å². The average Bonchev–Trinajstić information content (AvgIpc) is 2.38. The molecule has 0 spiro atoms. The van der Waals surface area contributed by atoms with Crippen LogP contribution in [-0.4, -0.2) is 29.4 Å². The minimum absolute atomic E-state index is 0.333. The highest BCUT2D eigenvalue weighted by atomic mass is 35.5. The SMILES string of the molecule is Cc1cc(C(O)C(N)CCNC(=O)OC(C)(C)C)ccc1Cl. The lowest BCUT2D eigenvalue weighted by molar-refractivity contribution is 0.0521. The van der Waals surface area contributed by atoms with Crippen LogP contribution in [-0.2, 0) is 4.74 Å². The Balaban J connectivity index is 2.46. The quantitative estimate of drug-likeness (QED) is 0.776. The highest BCUT2D eigenvalue weighted by molar-refractivity contribution is 6.31. The Morgan fingerprint density at radius 3 is 2.64 bits per heavy atom. The molecule has 6 heteroatoms. The first-order valence-corrected chi connectivity index (χ1v) is 7.64. The maximum atomic E-state index is 11.5.